The van der Waals surface area contributed by atoms with Crippen molar-refractivity contribution in [1.82, 2.24) is 5.32 Å². The van der Waals surface area contributed by atoms with E-state index in [4.69, 9.17) is 4.74 Å². The molecular formula is C17H25N3O2. The van der Waals surface area contributed by atoms with Crippen LogP contribution >= 0.6 is 0 Å². The maximum atomic E-state index is 12.7. The van der Waals surface area contributed by atoms with Gasteiger partial charge in [0.05, 0.1) is 12.0 Å². The smallest absolute Gasteiger partial charge is 0.234 e. The van der Waals surface area contributed by atoms with Gasteiger partial charge in [-0.05, 0) is 44.0 Å². The lowest BCUT2D eigenvalue weighted by atomic mass is 9.87. The van der Waals surface area contributed by atoms with Crippen LogP contribution < -0.4 is 15.5 Å². The molecule has 22 heavy (non-hydrogen) atoms. The first-order valence-electron chi connectivity index (χ1n) is 8.10. The molecule has 120 valence electrons. The monoisotopic (exact) mass is 303 g/mol. The zero-order valence-corrected chi connectivity index (χ0v) is 13.2. The van der Waals surface area contributed by atoms with E-state index in [2.05, 4.69) is 27.7 Å². The molecule has 1 amide bonds. The summed E-state index contributed by atoms with van der Waals surface area (Å²) in [6.07, 6.45) is 3.32. The Morgan fingerprint density at radius 1 is 1.41 bits per heavy atom. The molecule has 0 spiro atoms. The Hall–Kier alpha value is -1.59. The second-order valence-corrected chi connectivity index (χ2v) is 6.34. The normalized spacial score (nSPS) is 24.7. The number of methoxy groups -OCH3 is 1. The largest absolute Gasteiger partial charge is 0.384 e. The summed E-state index contributed by atoms with van der Waals surface area (Å²) >= 11 is 0. The number of benzene rings is 1. The van der Waals surface area contributed by atoms with Crippen LogP contribution in [0, 0.1) is 5.41 Å². The molecule has 2 fully saturated rings. The van der Waals surface area contributed by atoms with E-state index in [1.54, 1.807) is 7.11 Å². The SMILES string of the molecule is COCC1(C(=O)Nc2cccc(N3CCCC3)c2)CCNC1. The number of rotatable bonds is 5. The van der Waals surface area contributed by atoms with Crippen LogP contribution in [-0.4, -0.2) is 45.8 Å². The van der Waals surface area contributed by atoms with Crippen LogP contribution in [0.1, 0.15) is 19.3 Å². The van der Waals surface area contributed by atoms with Gasteiger partial charge in [0, 0.05) is 38.1 Å². The molecule has 5 heteroatoms. The third kappa shape index (κ3) is 3.10. The van der Waals surface area contributed by atoms with Crippen LogP contribution in [0.15, 0.2) is 24.3 Å². The second kappa shape index (κ2) is 6.67. The summed E-state index contributed by atoms with van der Waals surface area (Å²) in [6, 6.07) is 8.16. The first kappa shape index (κ1) is 15.3. The van der Waals surface area contributed by atoms with Crippen LogP contribution in [0.25, 0.3) is 0 Å². The Balaban J connectivity index is 1.71. The molecule has 0 bridgehead atoms. The molecule has 2 aliphatic heterocycles. The summed E-state index contributed by atoms with van der Waals surface area (Å²) in [4.78, 5) is 15.1. The highest BCUT2D eigenvalue weighted by atomic mass is 16.5. The van der Waals surface area contributed by atoms with E-state index in [0.29, 0.717) is 13.2 Å². The summed E-state index contributed by atoms with van der Waals surface area (Å²) in [7, 11) is 1.65. The maximum Gasteiger partial charge on any atom is 0.234 e. The zero-order chi connectivity index (χ0) is 15.4. The van der Waals surface area contributed by atoms with Gasteiger partial charge in [-0.1, -0.05) is 6.07 Å². The molecule has 1 aromatic carbocycles. The molecule has 0 saturated carbocycles. The van der Waals surface area contributed by atoms with E-state index in [1.807, 2.05) is 12.1 Å². The summed E-state index contributed by atoms with van der Waals surface area (Å²) in [5.41, 5.74) is 1.62. The Kier molecular flexibility index (Phi) is 4.64. The van der Waals surface area contributed by atoms with E-state index < -0.39 is 5.41 Å². The number of anilines is 2. The van der Waals surface area contributed by atoms with Crippen LogP contribution in [0.5, 0.6) is 0 Å². The average molecular weight is 303 g/mol. The number of amides is 1. The quantitative estimate of drug-likeness (QED) is 0.872. The highest BCUT2D eigenvalue weighted by Crippen LogP contribution is 2.29. The van der Waals surface area contributed by atoms with E-state index in [1.165, 1.54) is 18.5 Å². The van der Waals surface area contributed by atoms with Gasteiger partial charge in [0.15, 0.2) is 0 Å². The van der Waals surface area contributed by atoms with Gasteiger partial charge in [0.25, 0.3) is 0 Å². The first-order chi connectivity index (χ1) is 10.7. The molecule has 2 aliphatic rings. The van der Waals surface area contributed by atoms with Crippen molar-refractivity contribution in [3.63, 3.8) is 0 Å². The fraction of sp³-hybridized carbons (Fsp3) is 0.588. The van der Waals surface area contributed by atoms with Crippen LogP contribution in [0.4, 0.5) is 11.4 Å². The fourth-order valence-corrected chi connectivity index (χ4v) is 3.42. The van der Waals surface area contributed by atoms with E-state index >= 15 is 0 Å². The van der Waals surface area contributed by atoms with Crippen molar-refractivity contribution in [2.24, 2.45) is 5.41 Å². The number of nitrogens with one attached hydrogen (secondary N) is 2. The summed E-state index contributed by atoms with van der Waals surface area (Å²) in [5.74, 6) is 0.0536. The molecule has 2 N–H and O–H groups in total. The van der Waals surface area contributed by atoms with Crippen molar-refractivity contribution in [3.8, 4) is 0 Å². The Bertz CT molecular complexity index is 520. The van der Waals surface area contributed by atoms with Gasteiger partial charge in [-0.3, -0.25) is 4.79 Å². The minimum Gasteiger partial charge on any atom is -0.384 e. The highest BCUT2D eigenvalue weighted by molar-refractivity contribution is 5.96. The number of ether oxygens (including phenoxy) is 1. The fourth-order valence-electron chi connectivity index (χ4n) is 3.42. The Labute approximate surface area is 132 Å². The van der Waals surface area contributed by atoms with Gasteiger partial charge in [0.1, 0.15) is 0 Å². The highest BCUT2D eigenvalue weighted by Gasteiger charge is 2.41. The number of carbonyl (C=O) groups is 1. The lowest BCUT2D eigenvalue weighted by Gasteiger charge is -2.26. The van der Waals surface area contributed by atoms with Crippen molar-refractivity contribution in [2.75, 3.05) is 50.1 Å². The number of nitrogens with zero attached hydrogens (tertiary/aromatic N) is 1. The van der Waals surface area contributed by atoms with Crippen LogP contribution in [0.2, 0.25) is 0 Å². The summed E-state index contributed by atoms with van der Waals surface area (Å²) in [5, 5.41) is 6.36. The molecule has 2 heterocycles. The number of hydrogen-bond donors (Lipinski definition) is 2. The minimum atomic E-state index is -0.446. The molecule has 1 aromatic rings. The first-order valence-corrected chi connectivity index (χ1v) is 8.10. The van der Waals surface area contributed by atoms with Gasteiger partial charge < -0.3 is 20.3 Å². The van der Waals surface area contributed by atoms with Crippen molar-refractivity contribution < 1.29 is 9.53 Å². The lowest BCUT2D eigenvalue weighted by molar-refractivity contribution is -0.127. The topological polar surface area (TPSA) is 53.6 Å². The van der Waals surface area contributed by atoms with Crippen molar-refractivity contribution in [2.45, 2.75) is 19.3 Å². The Morgan fingerprint density at radius 3 is 2.91 bits per heavy atom. The summed E-state index contributed by atoms with van der Waals surface area (Å²) in [6.45, 7) is 4.21. The van der Waals surface area contributed by atoms with Gasteiger partial charge >= 0.3 is 0 Å². The van der Waals surface area contributed by atoms with E-state index in [9.17, 15) is 4.79 Å². The number of carbonyl (C=O) groups excluding carboxylic acids is 1. The predicted octanol–water partition coefficient (Wildman–Crippen LogP) is 1.85. The average Bonchev–Trinajstić information content (AvgIpc) is 3.20. The molecule has 5 nitrogen and oxygen atoms in total. The molecule has 0 aromatic heterocycles. The van der Waals surface area contributed by atoms with Gasteiger partial charge in [-0.2, -0.15) is 0 Å². The minimum absolute atomic E-state index is 0.0536. The lowest BCUT2D eigenvalue weighted by Crippen LogP contribution is -2.41. The zero-order valence-electron chi connectivity index (χ0n) is 13.2. The second-order valence-electron chi connectivity index (χ2n) is 6.34. The molecule has 0 aliphatic carbocycles. The molecule has 0 radical (unpaired) electrons. The van der Waals surface area contributed by atoms with Gasteiger partial charge in [0.2, 0.25) is 5.91 Å². The predicted molar refractivity (Wildman–Crippen MR) is 88.3 cm³/mol. The van der Waals surface area contributed by atoms with Crippen LogP contribution in [0.3, 0.4) is 0 Å². The third-order valence-electron chi connectivity index (χ3n) is 4.72. The standard InChI is InChI=1S/C17H25N3O2/c1-22-13-17(7-8-18-12-17)16(21)19-14-5-4-6-15(11-14)20-9-2-3-10-20/h4-6,11,18H,2-3,7-10,12-13H2,1H3,(H,19,21). The molecule has 1 unspecified atom stereocenters. The molecule has 1 atom stereocenters. The molecule has 2 saturated heterocycles. The van der Waals surface area contributed by atoms with E-state index in [0.717, 1.165) is 31.7 Å². The molecule has 3 rings (SSSR count). The molecular weight excluding hydrogens is 278 g/mol. The number of hydrogen-bond acceptors (Lipinski definition) is 4. The van der Waals surface area contributed by atoms with E-state index in [-0.39, 0.29) is 5.91 Å². The van der Waals surface area contributed by atoms with Gasteiger partial charge in [-0.15, -0.1) is 0 Å². The van der Waals surface area contributed by atoms with Gasteiger partial charge in [-0.25, -0.2) is 0 Å². The summed E-state index contributed by atoms with van der Waals surface area (Å²) < 4.78 is 5.28. The van der Waals surface area contributed by atoms with Crippen molar-refractivity contribution in [1.29, 1.82) is 0 Å². The maximum absolute atomic E-state index is 12.7. The van der Waals surface area contributed by atoms with Crippen LogP contribution in [-0.2, 0) is 9.53 Å². The third-order valence-corrected chi connectivity index (χ3v) is 4.72. The van der Waals surface area contributed by atoms with Crippen molar-refractivity contribution >= 4 is 17.3 Å². The van der Waals surface area contributed by atoms with Crippen molar-refractivity contribution in [3.05, 3.63) is 24.3 Å². The Morgan fingerprint density at radius 2 is 2.23 bits per heavy atom.